The molecule has 0 aromatic carbocycles. The van der Waals surface area contributed by atoms with Crippen LogP contribution in [0.4, 0.5) is 4.39 Å². The monoisotopic (exact) mass is 337 g/mol. The summed E-state index contributed by atoms with van der Waals surface area (Å²) in [5.74, 6) is -0.247. The summed E-state index contributed by atoms with van der Waals surface area (Å²) < 4.78 is 14.5. The van der Waals surface area contributed by atoms with Gasteiger partial charge in [0.25, 0.3) is 5.91 Å². The lowest BCUT2D eigenvalue weighted by Crippen LogP contribution is -2.68. The molecule has 23 heavy (non-hydrogen) atoms. The number of aromatic nitrogens is 1. The highest BCUT2D eigenvalue weighted by Crippen LogP contribution is 2.43. The number of thiazole rings is 1. The van der Waals surface area contributed by atoms with Crippen molar-refractivity contribution >= 4 is 17.2 Å². The van der Waals surface area contributed by atoms with Crippen LogP contribution in [-0.4, -0.2) is 51.5 Å². The van der Waals surface area contributed by atoms with E-state index in [4.69, 9.17) is 0 Å². The Bertz CT molecular complexity index is 615. The number of carbonyl (C=O) groups is 1. The first-order chi connectivity index (χ1) is 11.0. The molecule has 0 bridgehead atoms. The van der Waals surface area contributed by atoms with Crippen LogP contribution in [0.25, 0.3) is 0 Å². The normalized spacial score (nSPS) is 30.1. The summed E-state index contributed by atoms with van der Waals surface area (Å²) in [6.45, 7) is 5.43. The number of rotatable bonds is 3. The molecule has 4 nitrogen and oxygen atoms in total. The zero-order valence-corrected chi connectivity index (χ0v) is 14.5. The van der Waals surface area contributed by atoms with E-state index in [1.807, 2.05) is 18.0 Å². The number of alkyl halides is 1. The molecule has 3 aliphatic rings. The Morgan fingerprint density at radius 1 is 1.30 bits per heavy atom. The standard InChI is InChI=1S/C17H24FN3OS/c1-13-19-10-14(23-13)11-21-9-7-16(21)4-3-8-20(12-16)15(22)17(18)5-2-6-17/h10H,2-9,11-12H2,1H3/t16-/m1/s1. The maximum atomic E-state index is 14.5. The number of halogens is 1. The largest absolute Gasteiger partial charge is 0.338 e. The second kappa shape index (κ2) is 5.52. The predicted octanol–water partition coefficient (Wildman–Crippen LogP) is 2.91. The molecule has 1 atom stereocenters. The number of hydrogen-bond acceptors (Lipinski definition) is 4. The van der Waals surface area contributed by atoms with Gasteiger partial charge in [0, 0.05) is 42.8 Å². The molecule has 2 saturated heterocycles. The van der Waals surface area contributed by atoms with Crippen molar-refractivity contribution in [1.29, 1.82) is 0 Å². The molecular formula is C17H24FN3OS. The second-order valence-electron chi connectivity index (χ2n) is 7.39. The van der Waals surface area contributed by atoms with Crippen molar-refractivity contribution in [2.75, 3.05) is 19.6 Å². The Morgan fingerprint density at radius 2 is 2.13 bits per heavy atom. The molecule has 1 aliphatic carbocycles. The Morgan fingerprint density at radius 3 is 2.70 bits per heavy atom. The third kappa shape index (κ3) is 2.60. The molecule has 1 amide bonds. The van der Waals surface area contributed by atoms with Crippen molar-refractivity contribution in [3.63, 3.8) is 0 Å². The van der Waals surface area contributed by atoms with E-state index in [1.165, 1.54) is 4.88 Å². The average molecular weight is 337 g/mol. The Hall–Kier alpha value is -1.01. The molecule has 1 spiro atoms. The highest BCUT2D eigenvalue weighted by molar-refractivity contribution is 7.11. The summed E-state index contributed by atoms with van der Waals surface area (Å²) >= 11 is 1.74. The summed E-state index contributed by atoms with van der Waals surface area (Å²) in [6, 6.07) is 0. The third-order valence-corrected chi connectivity index (χ3v) is 6.80. The number of aryl methyl sites for hydroxylation is 1. The lowest BCUT2D eigenvalue weighted by Gasteiger charge is -2.57. The molecule has 6 heteroatoms. The van der Waals surface area contributed by atoms with E-state index in [1.54, 1.807) is 11.3 Å². The number of carbonyl (C=O) groups excluding carboxylic acids is 1. The van der Waals surface area contributed by atoms with Crippen LogP contribution in [0.3, 0.4) is 0 Å². The number of likely N-dealkylation sites (tertiary alicyclic amines) is 2. The van der Waals surface area contributed by atoms with E-state index >= 15 is 0 Å². The molecule has 0 unspecified atom stereocenters. The van der Waals surface area contributed by atoms with Gasteiger partial charge in [0.1, 0.15) is 0 Å². The summed E-state index contributed by atoms with van der Waals surface area (Å²) in [7, 11) is 0. The Labute approximate surface area is 140 Å². The molecular weight excluding hydrogens is 313 g/mol. The minimum atomic E-state index is -1.55. The summed E-state index contributed by atoms with van der Waals surface area (Å²) in [4.78, 5) is 22.4. The first-order valence-electron chi connectivity index (χ1n) is 8.66. The second-order valence-corrected chi connectivity index (χ2v) is 8.71. The molecule has 1 aromatic rings. The van der Waals surface area contributed by atoms with Gasteiger partial charge < -0.3 is 4.90 Å². The number of nitrogens with zero attached hydrogens (tertiary/aromatic N) is 3. The first kappa shape index (κ1) is 15.5. The van der Waals surface area contributed by atoms with E-state index in [-0.39, 0.29) is 11.4 Å². The number of piperidine rings is 1. The molecule has 0 radical (unpaired) electrons. The third-order valence-electron chi connectivity index (χ3n) is 5.91. The highest BCUT2D eigenvalue weighted by Gasteiger charge is 2.52. The van der Waals surface area contributed by atoms with E-state index in [2.05, 4.69) is 9.88 Å². The van der Waals surface area contributed by atoms with E-state index < -0.39 is 5.67 Å². The highest BCUT2D eigenvalue weighted by atomic mass is 32.1. The van der Waals surface area contributed by atoms with Crippen LogP contribution >= 0.6 is 11.3 Å². The quantitative estimate of drug-likeness (QED) is 0.851. The zero-order chi connectivity index (χ0) is 16.1. The topological polar surface area (TPSA) is 36.4 Å². The SMILES string of the molecule is Cc1ncc(CN2CC[C@@]23CCCN(C(=O)C2(F)CCC2)C3)s1. The lowest BCUT2D eigenvalue weighted by atomic mass is 9.75. The molecule has 3 heterocycles. The van der Waals surface area contributed by atoms with E-state index in [9.17, 15) is 9.18 Å². The van der Waals surface area contributed by atoms with Crippen LogP contribution < -0.4 is 0 Å². The van der Waals surface area contributed by atoms with Gasteiger partial charge >= 0.3 is 0 Å². The van der Waals surface area contributed by atoms with E-state index in [0.717, 1.165) is 50.3 Å². The molecule has 0 N–H and O–H groups in total. The summed E-state index contributed by atoms with van der Waals surface area (Å²) in [5.41, 5.74) is -1.48. The minimum Gasteiger partial charge on any atom is -0.338 e. The molecule has 1 saturated carbocycles. The van der Waals surface area contributed by atoms with Gasteiger partial charge in [-0.05, 0) is 45.4 Å². The fourth-order valence-electron chi connectivity index (χ4n) is 4.23. The molecule has 4 rings (SSSR count). The Balaban J connectivity index is 1.44. The van der Waals surface area contributed by atoms with Gasteiger partial charge in [-0.3, -0.25) is 9.69 Å². The number of amides is 1. The summed E-state index contributed by atoms with van der Waals surface area (Å²) in [5, 5.41) is 1.10. The van der Waals surface area contributed by atoms with Crippen LogP contribution in [0.1, 0.15) is 48.4 Å². The maximum Gasteiger partial charge on any atom is 0.260 e. The van der Waals surface area contributed by atoms with Crippen molar-refractivity contribution in [1.82, 2.24) is 14.8 Å². The maximum absolute atomic E-state index is 14.5. The van der Waals surface area contributed by atoms with Gasteiger partial charge in [0.15, 0.2) is 5.67 Å². The van der Waals surface area contributed by atoms with Crippen LogP contribution in [-0.2, 0) is 11.3 Å². The molecule has 126 valence electrons. The van der Waals surface area contributed by atoms with Crippen LogP contribution in [0, 0.1) is 6.92 Å². The van der Waals surface area contributed by atoms with Crippen molar-refractivity contribution in [3.05, 3.63) is 16.1 Å². The van der Waals surface area contributed by atoms with Crippen molar-refractivity contribution in [2.45, 2.75) is 63.2 Å². The molecule has 2 aliphatic heterocycles. The van der Waals surface area contributed by atoms with Gasteiger partial charge in [-0.15, -0.1) is 11.3 Å². The lowest BCUT2D eigenvalue weighted by molar-refractivity contribution is -0.158. The van der Waals surface area contributed by atoms with Crippen LogP contribution in [0.5, 0.6) is 0 Å². The fraction of sp³-hybridized carbons (Fsp3) is 0.765. The predicted molar refractivity (Wildman–Crippen MR) is 88.1 cm³/mol. The smallest absolute Gasteiger partial charge is 0.260 e. The summed E-state index contributed by atoms with van der Waals surface area (Å²) in [6.07, 6.45) is 6.86. The molecule has 1 aromatic heterocycles. The number of hydrogen-bond donors (Lipinski definition) is 0. The van der Waals surface area contributed by atoms with Crippen LogP contribution in [0.2, 0.25) is 0 Å². The van der Waals surface area contributed by atoms with Crippen molar-refractivity contribution in [3.8, 4) is 0 Å². The van der Waals surface area contributed by atoms with Crippen LogP contribution in [0.15, 0.2) is 6.20 Å². The van der Waals surface area contributed by atoms with Gasteiger partial charge in [-0.1, -0.05) is 0 Å². The zero-order valence-electron chi connectivity index (χ0n) is 13.7. The van der Waals surface area contributed by atoms with Crippen molar-refractivity contribution < 1.29 is 9.18 Å². The fourth-order valence-corrected chi connectivity index (χ4v) is 5.04. The van der Waals surface area contributed by atoms with Gasteiger partial charge in [-0.25, -0.2) is 9.37 Å². The minimum absolute atomic E-state index is 0.0753. The van der Waals surface area contributed by atoms with Gasteiger partial charge in [-0.2, -0.15) is 0 Å². The first-order valence-corrected chi connectivity index (χ1v) is 9.47. The van der Waals surface area contributed by atoms with Gasteiger partial charge in [0.05, 0.1) is 5.01 Å². The van der Waals surface area contributed by atoms with E-state index in [0.29, 0.717) is 19.4 Å². The average Bonchev–Trinajstić information content (AvgIpc) is 2.94. The van der Waals surface area contributed by atoms with Crippen molar-refractivity contribution in [2.24, 2.45) is 0 Å². The molecule has 3 fully saturated rings. The Kier molecular flexibility index (Phi) is 3.72. The van der Waals surface area contributed by atoms with Gasteiger partial charge in [0.2, 0.25) is 0 Å².